The fourth-order valence-electron chi connectivity index (χ4n) is 3.36. The molecule has 1 aromatic rings. The predicted molar refractivity (Wildman–Crippen MR) is 106 cm³/mol. The maximum absolute atomic E-state index is 12.2. The van der Waals surface area contributed by atoms with Gasteiger partial charge in [-0.1, -0.05) is 53.7 Å². The van der Waals surface area contributed by atoms with Crippen LogP contribution in [0.1, 0.15) is 77.5 Å². The third kappa shape index (κ3) is 5.47. The smallest absolute Gasteiger partial charge is 0.220 e. The SMILES string of the molecule is CC(C)(C)c1cc(CCC(=O)NC[C@@H]2CCCO2)cc(C(C)(C)C)c1O. The number of hydrogen-bond acceptors (Lipinski definition) is 3. The zero-order valence-electron chi connectivity index (χ0n) is 17.2. The number of carbonyl (C=O) groups excluding carboxylic acids is 1. The van der Waals surface area contributed by atoms with Gasteiger partial charge in [-0.2, -0.15) is 0 Å². The molecule has 1 amide bonds. The maximum Gasteiger partial charge on any atom is 0.220 e. The van der Waals surface area contributed by atoms with Crippen molar-refractivity contribution in [2.24, 2.45) is 0 Å². The molecule has 1 saturated heterocycles. The Hall–Kier alpha value is -1.55. The number of hydrogen-bond donors (Lipinski definition) is 2. The van der Waals surface area contributed by atoms with Gasteiger partial charge in [-0.05, 0) is 46.8 Å². The standard InChI is InChI=1S/C22H35NO3/c1-21(2,3)17-12-15(13-18(20(17)25)22(4,5)6)9-10-19(24)23-14-16-8-7-11-26-16/h12-13,16,25H,7-11,14H2,1-6H3,(H,23,24)/t16-/m0/s1. The number of benzene rings is 1. The monoisotopic (exact) mass is 361 g/mol. The minimum Gasteiger partial charge on any atom is -0.507 e. The quantitative estimate of drug-likeness (QED) is 0.826. The molecule has 0 aromatic heterocycles. The lowest BCUT2D eigenvalue weighted by atomic mass is 9.78. The van der Waals surface area contributed by atoms with Crippen LogP contribution in [0.15, 0.2) is 12.1 Å². The van der Waals surface area contributed by atoms with Gasteiger partial charge in [0.25, 0.3) is 0 Å². The number of rotatable bonds is 5. The van der Waals surface area contributed by atoms with E-state index in [1.54, 1.807) is 0 Å². The number of nitrogens with one attached hydrogen (secondary N) is 1. The molecule has 0 bridgehead atoms. The van der Waals surface area contributed by atoms with Crippen molar-refractivity contribution in [1.82, 2.24) is 5.32 Å². The van der Waals surface area contributed by atoms with Crippen LogP contribution in [0.2, 0.25) is 0 Å². The highest BCUT2D eigenvalue weighted by atomic mass is 16.5. The number of phenolic OH excluding ortho intramolecular Hbond substituents is 1. The molecule has 1 aliphatic heterocycles. The van der Waals surface area contributed by atoms with Crippen molar-refractivity contribution in [2.45, 2.75) is 84.2 Å². The Morgan fingerprint density at radius 1 is 1.15 bits per heavy atom. The molecule has 0 unspecified atom stereocenters. The zero-order chi connectivity index (χ0) is 19.5. The van der Waals surface area contributed by atoms with E-state index in [1.807, 2.05) is 0 Å². The molecule has 1 atom stereocenters. The highest BCUT2D eigenvalue weighted by molar-refractivity contribution is 5.76. The lowest BCUT2D eigenvalue weighted by molar-refractivity contribution is -0.121. The molecular weight excluding hydrogens is 326 g/mol. The molecule has 4 nitrogen and oxygen atoms in total. The van der Waals surface area contributed by atoms with Crippen molar-refractivity contribution < 1.29 is 14.6 Å². The zero-order valence-corrected chi connectivity index (χ0v) is 17.2. The lowest BCUT2D eigenvalue weighted by Crippen LogP contribution is -2.31. The van der Waals surface area contributed by atoms with Crippen LogP contribution < -0.4 is 5.32 Å². The average Bonchev–Trinajstić information content (AvgIpc) is 3.03. The summed E-state index contributed by atoms with van der Waals surface area (Å²) in [6.45, 7) is 14.0. The minimum absolute atomic E-state index is 0.0585. The topological polar surface area (TPSA) is 58.6 Å². The molecule has 1 fully saturated rings. The first-order chi connectivity index (χ1) is 12.0. The number of ether oxygens (including phenoxy) is 1. The first kappa shape index (κ1) is 20.8. The summed E-state index contributed by atoms with van der Waals surface area (Å²) in [6.07, 6.45) is 3.41. The van der Waals surface area contributed by atoms with Crippen LogP contribution in [0.3, 0.4) is 0 Å². The van der Waals surface area contributed by atoms with Gasteiger partial charge in [0.05, 0.1) is 6.10 Å². The number of carbonyl (C=O) groups is 1. The summed E-state index contributed by atoms with van der Waals surface area (Å²) < 4.78 is 5.54. The molecule has 26 heavy (non-hydrogen) atoms. The van der Waals surface area contributed by atoms with Gasteiger partial charge in [0.15, 0.2) is 0 Å². The van der Waals surface area contributed by atoms with Gasteiger partial charge in [-0.3, -0.25) is 4.79 Å². The highest BCUT2D eigenvalue weighted by Crippen LogP contribution is 2.39. The lowest BCUT2D eigenvalue weighted by Gasteiger charge is -2.28. The fraction of sp³-hybridized carbons (Fsp3) is 0.682. The van der Waals surface area contributed by atoms with Gasteiger partial charge < -0.3 is 15.2 Å². The second-order valence-electron chi connectivity index (χ2n) is 9.48. The average molecular weight is 362 g/mol. The molecule has 0 spiro atoms. The molecule has 2 N–H and O–H groups in total. The van der Waals surface area contributed by atoms with E-state index in [0.29, 0.717) is 25.1 Å². The second kappa shape index (κ2) is 7.99. The van der Waals surface area contributed by atoms with E-state index in [-0.39, 0.29) is 22.8 Å². The molecule has 0 radical (unpaired) electrons. The Kier molecular flexibility index (Phi) is 6.38. The molecule has 0 saturated carbocycles. The van der Waals surface area contributed by atoms with Gasteiger partial charge in [0.1, 0.15) is 5.75 Å². The Bertz CT molecular complexity index is 597. The number of phenols is 1. The molecule has 1 aromatic carbocycles. The van der Waals surface area contributed by atoms with Crippen molar-refractivity contribution in [3.05, 3.63) is 28.8 Å². The van der Waals surface area contributed by atoms with Crippen LogP contribution in [0.4, 0.5) is 0 Å². The van der Waals surface area contributed by atoms with Gasteiger partial charge in [0, 0.05) is 19.6 Å². The van der Waals surface area contributed by atoms with Crippen LogP contribution in [0, 0.1) is 0 Å². The Morgan fingerprint density at radius 2 is 1.73 bits per heavy atom. The summed E-state index contributed by atoms with van der Waals surface area (Å²) in [5.41, 5.74) is 2.69. The van der Waals surface area contributed by atoms with E-state index < -0.39 is 0 Å². The summed E-state index contributed by atoms with van der Waals surface area (Å²) in [7, 11) is 0. The maximum atomic E-state index is 12.2. The predicted octanol–water partition coefficient (Wildman–Crippen LogP) is 4.22. The largest absolute Gasteiger partial charge is 0.507 e. The third-order valence-electron chi connectivity index (χ3n) is 4.98. The molecule has 1 heterocycles. The summed E-state index contributed by atoms with van der Waals surface area (Å²) in [5, 5.41) is 13.8. The molecule has 0 aliphatic carbocycles. The third-order valence-corrected chi connectivity index (χ3v) is 4.98. The van der Waals surface area contributed by atoms with Crippen molar-refractivity contribution >= 4 is 5.91 Å². The van der Waals surface area contributed by atoms with Crippen molar-refractivity contribution in [2.75, 3.05) is 13.2 Å². The Morgan fingerprint density at radius 3 is 2.19 bits per heavy atom. The molecule has 4 heteroatoms. The summed E-state index contributed by atoms with van der Waals surface area (Å²) >= 11 is 0. The molecule has 146 valence electrons. The van der Waals surface area contributed by atoms with Crippen molar-refractivity contribution in [3.63, 3.8) is 0 Å². The minimum atomic E-state index is -0.151. The van der Waals surface area contributed by atoms with E-state index in [4.69, 9.17) is 4.74 Å². The molecular formula is C22H35NO3. The van der Waals surface area contributed by atoms with E-state index in [0.717, 1.165) is 36.1 Å². The van der Waals surface area contributed by atoms with Crippen LogP contribution in [0.5, 0.6) is 5.75 Å². The second-order valence-corrected chi connectivity index (χ2v) is 9.48. The number of aryl methyl sites for hydroxylation is 1. The Labute approximate surface area is 158 Å². The van der Waals surface area contributed by atoms with E-state index >= 15 is 0 Å². The number of amides is 1. The van der Waals surface area contributed by atoms with Gasteiger partial charge >= 0.3 is 0 Å². The van der Waals surface area contributed by atoms with Crippen molar-refractivity contribution in [3.8, 4) is 5.75 Å². The normalized spacial score (nSPS) is 18.2. The van der Waals surface area contributed by atoms with Crippen molar-refractivity contribution in [1.29, 1.82) is 0 Å². The van der Waals surface area contributed by atoms with Gasteiger partial charge in [-0.25, -0.2) is 0 Å². The van der Waals surface area contributed by atoms with Gasteiger partial charge in [-0.15, -0.1) is 0 Å². The van der Waals surface area contributed by atoms with Crippen LogP contribution in [-0.4, -0.2) is 30.3 Å². The van der Waals surface area contributed by atoms with E-state index in [2.05, 4.69) is 59.0 Å². The summed E-state index contributed by atoms with van der Waals surface area (Å²) in [6, 6.07) is 4.11. The molecule has 1 aliphatic rings. The summed E-state index contributed by atoms with van der Waals surface area (Å²) in [5.74, 6) is 0.444. The molecule has 2 rings (SSSR count). The first-order valence-electron chi connectivity index (χ1n) is 9.73. The van der Waals surface area contributed by atoms with Crippen LogP contribution in [0.25, 0.3) is 0 Å². The number of aromatic hydroxyl groups is 1. The first-order valence-corrected chi connectivity index (χ1v) is 9.73. The van der Waals surface area contributed by atoms with E-state index in [1.165, 1.54) is 0 Å². The summed E-state index contributed by atoms with van der Waals surface area (Å²) in [4.78, 5) is 12.2. The van der Waals surface area contributed by atoms with Crippen LogP contribution in [-0.2, 0) is 26.8 Å². The Balaban J connectivity index is 2.09. The fourth-order valence-corrected chi connectivity index (χ4v) is 3.36. The highest BCUT2D eigenvalue weighted by Gasteiger charge is 2.26. The van der Waals surface area contributed by atoms with E-state index in [9.17, 15) is 9.90 Å². The van der Waals surface area contributed by atoms with Gasteiger partial charge in [0.2, 0.25) is 5.91 Å². The van der Waals surface area contributed by atoms with Crippen LogP contribution >= 0.6 is 0 Å².